The van der Waals surface area contributed by atoms with Crippen molar-refractivity contribution in [1.29, 1.82) is 0 Å². The van der Waals surface area contributed by atoms with Crippen LogP contribution in [-0.4, -0.2) is 26.7 Å². The molecule has 0 aromatic heterocycles. The van der Waals surface area contributed by atoms with Gasteiger partial charge in [-0.25, -0.2) is 0 Å². The third-order valence-corrected chi connectivity index (χ3v) is 3.32. The maximum atomic E-state index is 3.31. The molecule has 1 aromatic carbocycles. The second-order valence-electron chi connectivity index (χ2n) is 4.72. The molecule has 0 radical (unpaired) electrons. The maximum absolute atomic E-state index is 3.31. The average molecular weight is 242 g/mol. The number of piperidine rings is 1. The van der Waals surface area contributed by atoms with E-state index in [9.17, 15) is 0 Å². The molecule has 0 amide bonds. The first-order valence-corrected chi connectivity index (χ1v) is 6.89. The Labute approximate surface area is 110 Å². The molecule has 0 bridgehead atoms. The second-order valence-corrected chi connectivity index (χ2v) is 4.72. The molecule has 0 spiro atoms. The Kier molecular flexibility index (Phi) is 5.11. The lowest BCUT2D eigenvalue weighted by Crippen LogP contribution is -2.29. The maximum Gasteiger partial charge on any atom is 0.0525 e. The quantitative estimate of drug-likeness (QED) is 0.647. The molecule has 0 atom stereocenters. The molecule has 96 valence electrons. The van der Waals surface area contributed by atoms with Crippen LogP contribution >= 0.6 is 0 Å². The van der Waals surface area contributed by atoms with Crippen molar-refractivity contribution in [1.82, 2.24) is 5.32 Å². The predicted molar refractivity (Wildman–Crippen MR) is 77.9 cm³/mol. The fraction of sp³-hybridized carbons (Fsp3) is 0.500. The molecule has 2 rings (SSSR count). The lowest BCUT2D eigenvalue weighted by atomic mass is 10.1. The van der Waals surface area contributed by atoms with Crippen molar-refractivity contribution in [3.05, 3.63) is 29.8 Å². The van der Waals surface area contributed by atoms with Crippen LogP contribution in [0.2, 0.25) is 0 Å². The zero-order valence-corrected chi connectivity index (χ0v) is 11.2. The first-order valence-electron chi connectivity index (χ1n) is 6.89. The Morgan fingerprint density at radius 3 is 2.72 bits per heavy atom. The van der Waals surface area contributed by atoms with Gasteiger partial charge in [0.05, 0.1) is 5.69 Å². The summed E-state index contributed by atoms with van der Waals surface area (Å²) in [5, 5.41) is 3.12. The van der Waals surface area contributed by atoms with Crippen molar-refractivity contribution in [2.24, 2.45) is 0 Å². The van der Waals surface area contributed by atoms with Crippen molar-refractivity contribution in [2.45, 2.75) is 25.7 Å². The number of benzene rings is 1. The van der Waals surface area contributed by atoms with Crippen LogP contribution in [-0.2, 0) is 0 Å². The SMILES string of the molecule is CNCCC#Cc1ccccc1N1CCCCC1. The summed E-state index contributed by atoms with van der Waals surface area (Å²) in [5.41, 5.74) is 2.49. The van der Waals surface area contributed by atoms with Crippen molar-refractivity contribution < 1.29 is 0 Å². The highest BCUT2D eigenvalue weighted by Crippen LogP contribution is 2.23. The summed E-state index contributed by atoms with van der Waals surface area (Å²) in [6, 6.07) is 8.53. The van der Waals surface area contributed by atoms with E-state index in [-0.39, 0.29) is 0 Å². The van der Waals surface area contributed by atoms with Crippen LogP contribution in [0.4, 0.5) is 5.69 Å². The number of hydrogen-bond acceptors (Lipinski definition) is 2. The van der Waals surface area contributed by atoms with Gasteiger partial charge < -0.3 is 10.2 Å². The molecule has 2 heteroatoms. The second kappa shape index (κ2) is 7.08. The fourth-order valence-electron chi connectivity index (χ4n) is 2.34. The van der Waals surface area contributed by atoms with Gasteiger partial charge in [0.15, 0.2) is 0 Å². The Balaban J connectivity index is 2.10. The monoisotopic (exact) mass is 242 g/mol. The highest BCUT2D eigenvalue weighted by molar-refractivity contribution is 5.60. The molecule has 18 heavy (non-hydrogen) atoms. The molecule has 1 aliphatic rings. The fourth-order valence-corrected chi connectivity index (χ4v) is 2.34. The smallest absolute Gasteiger partial charge is 0.0525 e. The van der Waals surface area contributed by atoms with Gasteiger partial charge in [-0.3, -0.25) is 0 Å². The molecular formula is C16H22N2. The summed E-state index contributed by atoms with van der Waals surface area (Å²) >= 11 is 0. The Hall–Kier alpha value is -1.46. The average Bonchev–Trinajstić information content (AvgIpc) is 2.45. The molecule has 1 aromatic rings. The van der Waals surface area contributed by atoms with Gasteiger partial charge >= 0.3 is 0 Å². The van der Waals surface area contributed by atoms with Gasteiger partial charge in [0.25, 0.3) is 0 Å². The molecular weight excluding hydrogens is 220 g/mol. The van der Waals surface area contributed by atoms with E-state index in [0.717, 1.165) is 13.0 Å². The van der Waals surface area contributed by atoms with Crippen LogP contribution < -0.4 is 10.2 Å². The largest absolute Gasteiger partial charge is 0.371 e. The van der Waals surface area contributed by atoms with E-state index >= 15 is 0 Å². The van der Waals surface area contributed by atoms with Gasteiger partial charge in [-0.2, -0.15) is 0 Å². The van der Waals surface area contributed by atoms with Crippen LogP contribution in [0.5, 0.6) is 0 Å². The molecule has 0 saturated carbocycles. The highest BCUT2D eigenvalue weighted by atomic mass is 15.1. The van der Waals surface area contributed by atoms with Gasteiger partial charge in [-0.1, -0.05) is 24.0 Å². The van der Waals surface area contributed by atoms with Gasteiger partial charge in [0.1, 0.15) is 0 Å². The van der Waals surface area contributed by atoms with Crippen molar-refractivity contribution in [2.75, 3.05) is 31.6 Å². The first kappa shape index (κ1) is 13.0. The molecule has 1 saturated heterocycles. The van der Waals surface area contributed by atoms with E-state index in [1.165, 1.54) is 43.6 Å². The van der Waals surface area contributed by atoms with Crippen molar-refractivity contribution in [3.8, 4) is 11.8 Å². The highest BCUT2D eigenvalue weighted by Gasteiger charge is 2.12. The van der Waals surface area contributed by atoms with Gasteiger partial charge in [-0.15, -0.1) is 0 Å². The zero-order chi connectivity index (χ0) is 12.6. The predicted octanol–water partition coefficient (Wildman–Crippen LogP) is 2.64. The minimum Gasteiger partial charge on any atom is -0.371 e. The summed E-state index contributed by atoms with van der Waals surface area (Å²) in [5.74, 6) is 6.56. The lowest BCUT2D eigenvalue weighted by molar-refractivity contribution is 0.577. The Bertz CT molecular complexity index is 422. The molecule has 1 N–H and O–H groups in total. The number of rotatable bonds is 3. The van der Waals surface area contributed by atoms with Gasteiger partial charge in [0, 0.05) is 31.6 Å². The molecule has 1 aliphatic heterocycles. The standard InChI is InChI=1S/C16H22N2/c1-17-12-6-5-10-15-9-3-4-11-16(15)18-13-7-2-8-14-18/h3-4,9,11,17H,2,6-8,12-14H2,1H3. The van der Waals surface area contributed by atoms with E-state index in [1.54, 1.807) is 0 Å². The zero-order valence-electron chi connectivity index (χ0n) is 11.2. The van der Waals surface area contributed by atoms with Crippen LogP contribution in [0.3, 0.4) is 0 Å². The summed E-state index contributed by atoms with van der Waals surface area (Å²) in [6.45, 7) is 3.31. The van der Waals surface area contributed by atoms with Gasteiger partial charge in [0.2, 0.25) is 0 Å². The number of para-hydroxylation sites is 1. The number of nitrogens with one attached hydrogen (secondary N) is 1. The molecule has 2 nitrogen and oxygen atoms in total. The summed E-state index contributed by atoms with van der Waals surface area (Å²) < 4.78 is 0. The minimum atomic E-state index is 0.908. The van der Waals surface area contributed by atoms with E-state index in [0.29, 0.717) is 0 Å². The molecule has 1 fully saturated rings. The molecule has 0 aliphatic carbocycles. The Morgan fingerprint density at radius 1 is 1.17 bits per heavy atom. The molecule has 1 heterocycles. The lowest BCUT2D eigenvalue weighted by Gasteiger charge is -2.29. The summed E-state index contributed by atoms with van der Waals surface area (Å²) in [7, 11) is 1.96. The van der Waals surface area contributed by atoms with Crippen LogP contribution in [0.25, 0.3) is 0 Å². The van der Waals surface area contributed by atoms with E-state index in [1.807, 2.05) is 7.05 Å². The topological polar surface area (TPSA) is 15.3 Å². The minimum absolute atomic E-state index is 0.908. The van der Waals surface area contributed by atoms with Crippen LogP contribution in [0, 0.1) is 11.8 Å². The van der Waals surface area contributed by atoms with E-state index < -0.39 is 0 Å². The Morgan fingerprint density at radius 2 is 1.94 bits per heavy atom. The van der Waals surface area contributed by atoms with E-state index in [4.69, 9.17) is 0 Å². The summed E-state index contributed by atoms with van der Waals surface area (Å²) in [6.07, 6.45) is 4.89. The number of nitrogens with zero attached hydrogens (tertiary/aromatic N) is 1. The summed E-state index contributed by atoms with van der Waals surface area (Å²) in [4.78, 5) is 2.48. The van der Waals surface area contributed by atoms with Crippen LogP contribution in [0.15, 0.2) is 24.3 Å². The van der Waals surface area contributed by atoms with Gasteiger partial charge in [-0.05, 0) is 38.4 Å². The van der Waals surface area contributed by atoms with E-state index in [2.05, 4.69) is 46.3 Å². The third-order valence-electron chi connectivity index (χ3n) is 3.32. The normalized spacial score (nSPS) is 15.1. The first-order chi connectivity index (χ1) is 8.92. The number of anilines is 1. The third kappa shape index (κ3) is 3.51. The van der Waals surface area contributed by atoms with Crippen molar-refractivity contribution in [3.63, 3.8) is 0 Å². The number of hydrogen-bond donors (Lipinski definition) is 1. The molecule has 0 unspecified atom stereocenters. The van der Waals surface area contributed by atoms with Crippen LogP contribution in [0.1, 0.15) is 31.2 Å². The van der Waals surface area contributed by atoms with Crippen molar-refractivity contribution >= 4 is 5.69 Å².